The van der Waals surface area contributed by atoms with Gasteiger partial charge in [-0.1, -0.05) is 38.1 Å². The molecule has 0 aliphatic carbocycles. The summed E-state index contributed by atoms with van der Waals surface area (Å²) in [6.45, 7) is 8.73. The van der Waals surface area contributed by atoms with Crippen LogP contribution in [-0.2, 0) is 42.1 Å². The van der Waals surface area contributed by atoms with E-state index in [4.69, 9.17) is 4.74 Å². The SMILES string of the molecule is COCC(=O)NCc1cc2n(n1)CCN(Cc1ccc(CC(C)C)cc1)C2. The van der Waals surface area contributed by atoms with Crippen molar-refractivity contribution in [2.75, 3.05) is 20.3 Å². The number of amides is 1. The number of nitrogens with zero attached hydrogens (tertiary/aromatic N) is 3. The van der Waals surface area contributed by atoms with Crippen LogP contribution in [0.1, 0.15) is 36.4 Å². The maximum Gasteiger partial charge on any atom is 0.246 e. The summed E-state index contributed by atoms with van der Waals surface area (Å²) in [4.78, 5) is 14.0. The van der Waals surface area contributed by atoms with Gasteiger partial charge in [0.2, 0.25) is 5.91 Å². The van der Waals surface area contributed by atoms with Crippen molar-refractivity contribution in [2.45, 2.75) is 46.4 Å². The van der Waals surface area contributed by atoms with E-state index in [2.05, 4.69) is 64.2 Å². The van der Waals surface area contributed by atoms with Gasteiger partial charge in [0.1, 0.15) is 6.61 Å². The summed E-state index contributed by atoms with van der Waals surface area (Å²) in [5.74, 6) is 0.567. The molecule has 1 N–H and O–H groups in total. The van der Waals surface area contributed by atoms with Crippen molar-refractivity contribution < 1.29 is 9.53 Å². The second-order valence-electron chi connectivity index (χ2n) is 7.69. The van der Waals surface area contributed by atoms with Crippen molar-refractivity contribution in [1.29, 1.82) is 0 Å². The molecule has 0 spiro atoms. The second-order valence-corrected chi connectivity index (χ2v) is 7.69. The fourth-order valence-electron chi connectivity index (χ4n) is 3.48. The van der Waals surface area contributed by atoms with Gasteiger partial charge in [-0.2, -0.15) is 5.10 Å². The molecule has 1 aliphatic heterocycles. The van der Waals surface area contributed by atoms with E-state index in [1.165, 1.54) is 23.9 Å². The van der Waals surface area contributed by atoms with Gasteiger partial charge in [-0.3, -0.25) is 14.4 Å². The van der Waals surface area contributed by atoms with Crippen LogP contribution in [0.4, 0.5) is 0 Å². The molecule has 3 rings (SSSR count). The number of nitrogens with one attached hydrogen (secondary N) is 1. The van der Waals surface area contributed by atoms with Crippen LogP contribution in [0.2, 0.25) is 0 Å². The Bertz CT molecular complexity index is 752. The van der Waals surface area contributed by atoms with Gasteiger partial charge in [-0.25, -0.2) is 0 Å². The Morgan fingerprint density at radius 1 is 1.22 bits per heavy atom. The fraction of sp³-hybridized carbons (Fsp3) is 0.524. The van der Waals surface area contributed by atoms with Gasteiger partial charge < -0.3 is 10.1 Å². The number of fused-ring (bicyclic) bond motifs is 1. The minimum Gasteiger partial charge on any atom is -0.375 e. The second kappa shape index (κ2) is 9.15. The molecule has 0 saturated carbocycles. The lowest BCUT2D eigenvalue weighted by Gasteiger charge is -2.27. The predicted molar refractivity (Wildman–Crippen MR) is 105 cm³/mol. The van der Waals surface area contributed by atoms with E-state index in [1.54, 1.807) is 0 Å². The van der Waals surface area contributed by atoms with Crippen LogP contribution in [0.3, 0.4) is 0 Å². The largest absolute Gasteiger partial charge is 0.375 e. The third-order valence-corrected chi connectivity index (χ3v) is 4.74. The molecule has 0 bridgehead atoms. The Labute approximate surface area is 161 Å². The minimum absolute atomic E-state index is 0.0807. The molecule has 6 heteroatoms. The summed E-state index contributed by atoms with van der Waals surface area (Å²) in [5, 5.41) is 7.42. The van der Waals surface area contributed by atoms with Gasteiger partial charge in [-0.15, -0.1) is 0 Å². The number of aromatic nitrogens is 2. The smallest absolute Gasteiger partial charge is 0.246 e. The van der Waals surface area contributed by atoms with Gasteiger partial charge in [0, 0.05) is 26.7 Å². The summed E-state index contributed by atoms with van der Waals surface area (Å²) >= 11 is 0. The first kappa shape index (κ1) is 19.6. The Hall–Kier alpha value is -2.18. The van der Waals surface area contributed by atoms with Gasteiger partial charge >= 0.3 is 0 Å². The number of carbonyl (C=O) groups excluding carboxylic acids is 1. The van der Waals surface area contributed by atoms with E-state index >= 15 is 0 Å². The maximum atomic E-state index is 11.5. The first-order valence-electron chi connectivity index (χ1n) is 9.65. The zero-order valence-corrected chi connectivity index (χ0v) is 16.6. The normalized spacial score (nSPS) is 14.4. The van der Waals surface area contributed by atoms with Crippen LogP contribution in [-0.4, -0.2) is 40.8 Å². The van der Waals surface area contributed by atoms with Gasteiger partial charge in [-0.05, 0) is 29.5 Å². The summed E-state index contributed by atoms with van der Waals surface area (Å²) < 4.78 is 6.88. The Morgan fingerprint density at radius 3 is 2.67 bits per heavy atom. The first-order chi connectivity index (χ1) is 13.0. The van der Waals surface area contributed by atoms with Crippen LogP contribution in [0.5, 0.6) is 0 Å². The number of benzene rings is 1. The minimum atomic E-state index is -0.119. The molecule has 6 nitrogen and oxygen atoms in total. The summed E-state index contributed by atoms with van der Waals surface area (Å²) in [5.41, 5.74) is 4.86. The van der Waals surface area contributed by atoms with Crippen molar-refractivity contribution in [3.63, 3.8) is 0 Å². The standard InChI is InChI=1S/C21H30N4O2/c1-16(2)10-17-4-6-18(7-5-17)13-24-8-9-25-20(14-24)11-19(23-25)12-22-21(26)15-27-3/h4-7,11,16H,8-10,12-15H2,1-3H3,(H,22,26). The van der Waals surface area contributed by atoms with E-state index in [-0.39, 0.29) is 12.5 Å². The van der Waals surface area contributed by atoms with Crippen LogP contribution in [0, 0.1) is 5.92 Å². The molecule has 0 unspecified atom stereocenters. The highest BCUT2D eigenvalue weighted by Gasteiger charge is 2.18. The molecule has 27 heavy (non-hydrogen) atoms. The van der Waals surface area contributed by atoms with Crippen LogP contribution >= 0.6 is 0 Å². The highest BCUT2D eigenvalue weighted by Crippen LogP contribution is 2.17. The van der Waals surface area contributed by atoms with Crippen molar-refractivity contribution in [3.05, 3.63) is 52.8 Å². The number of hydrogen-bond donors (Lipinski definition) is 1. The Balaban J connectivity index is 1.54. The van der Waals surface area contributed by atoms with Crippen LogP contribution < -0.4 is 5.32 Å². The van der Waals surface area contributed by atoms with Crippen molar-refractivity contribution in [3.8, 4) is 0 Å². The van der Waals surface area contributed by atoms with Crippen LogP contribution in [0.25, 0.3) is 0 Å². The van der Waals surface area contributed by atoms with Gasteiger partial charge in [0.25, 0.3) is 0 Å². The molecule has 2 heterocycles. The average Bonchev–Trinajstić information content (AvgIpc) is 3.04. The lowest BCUT2D eigenvalue weighted by molar-refractivity contribution is -0.124. The van der Waals surface area contributed by atoms with Crippen molar-refractivity contribution in [2.24, 2.45) is 5.92 Å². The van der Waals surface area contributed by atoms with Gasteiger partial charge in [0.15, 0.2) is 0 Å². The molecule has 2 aromatic rings. The number of methoxy groups -OCH3 is 1. The highest BCUT2D eigenvalue weighted by molar-refractivity contribution is 5.77. The first-order valence-corrected chi connectivity index (χ1v) is 9.65. The molecular formula is C21H30N4O2. The maximum absolute atomic E-state index is 11.5. The van der Waals surface area contributed by atoms with E-state index in [0.29, 0.717) is 12.5 Å². The zero-order chi connectivity index (χ0) is 19.2. The predicted octanol–water partition coefficient (Wildman–Crippen LogP) is 2.36. The molecule has 1 aromatic carbocycles. The summed E-state index contributed by atoms with van der Waals surface area (Å²) in [6, 6.07) is 11.1. The topological polar surface area (TPSA) is 59.4 Å². The quantitative estimate of drug-likeness (QED) is 0.775. The van der Waals surface area contributed by atoms with E-state index in [9.17, 15) is 4.79 Å². The van der Waals surface area contributed by atoms with Crippen molar-refractivity contribution >= 4 is 5.91 Å². The third kappa shape index (κ3) is 5.65. The molecule has 0 atom stereocenters. The van der Waals surface area contributed by atoms with E-state index in [1.807, 2.05) is 0 Å². The van der Waals surface area contributed by atoms with Gasteiger partial charge in [0.05, 0.1) is 24.5 Å². The molecule has 1 aliphatic rings. The average molecular weight is 370 g/mol. The molecule has 1 amide bonds. The molecule has 0 radical (unpaired) electrons. The summed E-state index contributed by atoms with van der Waals surface area (Å²) in [7, 11) is 1.52. The van der Waals surface area contributed by atoms with E-state index < -0.39 is 0 Å². The number of ether oxygens (including phenoxy) is 1. The monoisotopic (exact) mass is 370 g/mol. The lowest BCUT2D eigenvalue weighted by Crippen LogP contribution is -2.33. The molecule has 1 aromatic heterocycles. The summed E-state index contributed by atoms with van der Waals surface area (Å²) in [6.07, 6.45) is 1.13. The highest BCUT2D eigenvalue weighted by atomic mass is 16.5. The number of carbonyl (C=O) groups is 1. The lowest BCUT2D eigenvalue weighted by atomic mass is 10.0. The number of rotatable bonds is 8. The third-order valence-electron chi connectivity index (χ3n) is 4.74. The Morgan fingerprint density at radius 2 is 1.96 bits per heavy atom. The molecule has 0 saturated heterocycles. The van der Waals surface area contributed by atoms with E-state index in [0.717, 1.165) is 38.3 Å². The van der Waals surface area contributed by atoms with Crippen LogP contribution in [0.15, 0.2) is 30.3 Å². The van der Waals surface area contributed by atoms with Crippen molar-refractivity contribution in [1.82, 2.24) is 20.0 Å². The molecule has 0 fully saturated rings. The molecule has 146 valence electrons. The zero-order valence-electron chi connectivity index (χ0n) is 16.6. The molecular weight excluding hydrogens is 340 g/mol. The Kier molecular flexibility index (Phi) is 6.63. The fourth-order valence-corrected chi connectivity index (χ4v) is 3.48. The number of hydrogen-bond acceptors (Lipinski definition) is 4.